The first kappa shape index (κ1) is 24.8. The number of nitrogens with zero attached hydrogens (tertiary/aromatic N) is 1. The van der Waals surface area contributed by atoms with Crippen molar-refractivity contribution in [1.82, 2.24) is 10.2 Å². The van der Waals surface area contributed by atoms with Gasteiger partial charge in [0, 0.05) is 30.5 Å². The first-order valence-electron chi connectivity index (χ1n) is 12.3. The summed E-state index contributed by atoms with van der Waals surface area (Å²) in [4.78, 5) is 38.6. The Balaban J connectivity index is 1.31. The maximum Gasteiger partial charge on any atom is 0.407 e. The largest absolute Gasteiger partial charge is 0.481 e. The first-order chi connectivity index (χ1) is 16.7. The van der Waals surface area contributed by atoms with Gasteiger partial charge in [-0.1, -0.05) is 48.5 Å². The van der Waals surface area contributed by atoms with E-state index >= 15 is 0 Å². The van der Waals surface area contributed by atoms with Crippen molar-refractivity contribution < 1.29 is 24.2 Å². The van der Waals surface area contributed by atoms with Crippen LogP contribution in [0.15, 0.2) is 48.5 Å². The Morgan fingerprint density at radius 2 is 1.66 bits per heavy atom. The smallest absolute Gasteiger partial charge is 0.407 e. The molecule has 1 saturated heterocycles. The normalized spacial score (nSPS) is 19.6. The molecule has 35 heavy (non-hydrogen) atoms. The molecule has 7 heteroatoms. The number of likely N-dealkylation sites (tertiary alicyclic amines) is 1. The van der Waals surface area contributed by atoms with Gasteiger partial charge >= 0.3 is 12.1 Å². The molecule has 0 radical (unpaired) electrons. The molecule has 1 heterocycles. The van der Waals surface area contributed by atoms with Crippen LogP contribution in [0.1, 0.15) is 63.5 Å². The van der Waals surface area contributed by atoms with Crippen LogP contribution in [0.3, 0.4) is 0 Å². The van der Waals surface area contributed by atoms with Gasteiger partial charge < -0.3 is 20.1 Å². The summed E-state index contributed by atoms with van der Waals surface area (Å²) in [6, 6.07) is 16.0. The lowest BCUT2D eigenvalue weighted by atomic mass is 9.89. The number of hydrogen-bond donors (Lipinski definition) is 2. The van der Waals surface area contributed by atoms with Crippen molar-refractivity contribution in [1.29, 1.82) is 0 Å². The molecule has 0 aromatic heterocycles. The summed E-state index contributed by atoms with van der Waals surface area (Å²) in [6.45, 7) is 6.33. The summed E-state index contributed by atoms with van der Waals surface area (Å²) >= 11 is 0. The SMILES string of the molecule is CC1C(C(=O)O)CCCN1C(=O)CCC(C)(C)NC(=O)OCC1c2ccccc2-c2ccccc21. The van der Waals surface area contributed by atoms with Gasteiger partial charge in [-0.05, 0) is 62.3 Å². The Bertz CT molecular complexity index is 1070. The van der Waals surface area contributed by atoms with Crippen molar-refractivity contribution in [3.05, 3.63) is 59.7 Å². The van der Waals surface area contributed by atoms with E-state index in [4.69, 9.17) is 4.74 Å². The van der Waals surface area contributed by atoms with Crippen LogP contribution in [0.4, 0.5) is 4.79 Å². The minimum absolute atomic E-state index is 0.0133. The second kappa shape index (κ2) is 10.1. The van der Waals surface area contributed by atoms with E-state index in [1.54, 1.807) is 11.8 Å². The fraction of sp³-hybridized carbons (Fsp3) is 0.464. The number of carbonyl (C=O) groups is 3. The topological polar surface area (TPSA) is 95.9 Å². The van der Waals surface area contributed by atoms with Crippen LogP contribution in [-0.4, -0.2) is 52.7 Å². The number of ether oxygens (including phenoxy) is 1. The zero-order valence-corrected chi connectivity index (χ0v) is 20.6. The second-order valence-corrected chi connectivity index (χ2v) is 10.2. The third kappa shape index (κ3) is 5.34. The molecule has 2 aliphatic rings. The summed E-state index contributed by atoms with van der Waals surface area (Å²) in [5, 5.41) is 12.3. The maximum atomic E-state index is 12.8. The number of carboxylic acids is 1. The van der Waals surface area contributed by atoms with E-state index < -0.39 is 23.5 Å². The Kier molecular flexibility index (Phi) is 7.15. The molecule has 0 spiro atoms. The highest BCUT2D eigenvalue weighted by Crippen LogP contribution is 2.44. The van der Waals surface area contributed by atoms with Crippen LogP contribution in [0.5, 0.6) is 0 Å². The van der Waals surface area contributed by atoms with Gasteiger partial charge in [0.05, 0.1) is 5.92 Å². The third-order valence-corrected chi connectivity index (χ3v) is 7.37. The van der Waals surface area contributed by atoms with Crippen LogP contribution >= 0.6 is 0 Å². The molecule has 2 atom stereocenters. The van der Waals surface area contributed by atoms with Crippen LogP contribution in [0, 0.1) is 5.92 Å². The molecule has 2 N–H and O–H groups in total. The third-order valence-electron chi connectivity index (χ3n) is 7.37. The van der Waals surface area contributed by atoms with Crippen molar-refractivity contribution >= 4 is 18.0 Å². The molecular formula is C28H34N2O5. The standard InChI is InChI=1S/C28H34N2O5/c1-18-19(26(32)33)13-8-16-30(18)25(31)14-15-28(2,3)29-27(34)35-17-24-22-11-6-4-9-20(22)21-10-5-7-12-23(21)24/h4-7,9-12,18-19,24H,8,13-17H2,1-3H3,(H,29,34)(H,32,33). The maximum absolute atomic E-state index is 12.8. The number of aliphatic carboxylic acids is 1. The van der Waals surface area contributed by atoms with E-state index in [0.717, 1.165) is 11.1 Å². The number of nitrogens with one attached hydrogen (secondary N) is 1. The van der Waals surface area contributed by atoms with Crippen LogP contribution in [-0.2, 0) is 14.3 Å². The van der Waals surface area contributed by atoms with Crippen LogP contribution < -0.4 is 5.32 Å². The molecule has 4 rings (SSSR count). The molecule has 2 aromatic carbocycles. The summed E-state index contributed by atoms with van der Waals surface area (Å²) in [7, 11) is 0. The molecule has 2 aromatic rings. The lowest BCUT2D eigenvalue weighted by Gasteiger charge is -2.38. The summed E-state index contributed by atoms with van der Waals surface area (Å²) < 4.78 is 5.65. The summed E-state index contributed by atoms with van der Waals surface area (Å²) in [6.07, 6.45) is 1.43. The number of benzene rings is 2. The number of carbonyl (C=O) groups excluding carboxylic acids is 2. The number of fused-ring (bicyclic) bond motifs is 3. The Morgan fingerprint density at radius 1 is 1.06 bits per heavy atom. The fourth-order valence-corrected chi connectivity index (χ4v) is 5.36. The Hall–Kier alpha value is -3.35. The highest BCUT2D eigenvalue weighted by molar-refractivity contribution is 5.80. The second-order valence-electron chi connectivity index (χ2n) is 10.2. The first-order valence-corrected chi connectivity index (χ1v) is 12.3. The quantitative estimate of drug-likeness (QED) is 0.596. The average Bonchev–Trinajstić information content (AvgIpc) is 3.15. The summed E-state index contributed by atoms with van der Waals surface area (Å²) in [5.41, 5.74) is 4.01. The lowest BCUT2D eigenvalue weighted by molar-refractivity contribution is -0.149. The molecule has 186 valence electrons. The number of alkyl carbamates (subject to hydrolysis) is 1. The van der Waals surface area contributed by atoms with Gasteiger partial charge in [0.2, 0.25) is 5.91 Å². The van der Waals surface area contributed by atoms with E-state index in [2.05, 4.69) is 29.6 Å². The van der Waals surface area contributed by atoms with Gasteiger partial charge in [-0.25, -0.2) is 4.79 Å². The van der Waals surface area contributed by atoms with Gasteiger partial charge in [-0.15, -0.1) is 0 Å². The van der Waals surface area contributed by atoms with E-state index in [1.165, 1.54) is 11.1 Å². The molecule has 7 nitrogen and oxygen atoms in total. The average molecular weight is 479 g/mol. The molecule has 0 saturated carbocycles. The van der Waals surface area contributed by atoms with Crippen molar-refractivity contribution in [3.63, 3.8) is 0 Å². The van der Waals surface area contributed by atoms with Crippen LogP contribution in [0.25, 0.3) is 11.1 Å². The predicted molar refractivity (Wildman–Crippen MR) is 133 cm³/mol. The molecule has 1 aliphatic carbocycles. The highest BCUT2D eigenvalue weighted by Gasteiger charge is 2.36. The lowest BCUT2D eigenvalue weighted by Crippen LogP contribution is -2.50. The Morgan fingerprint density at radius 3 is 2.26 bits per heavy atom. The van der Waals surface area contributed by atoms with Gasteiger partial charge in [0.15, 0.2) is 0 Å². The van der Waals surface area contributed by atoms with E-state index in [9.17, 15) is 19.5 Å². The number of hydrogen-bond acceptors (Lipinski definition) is 4. The minimum atomic E-state index is -0.854. The minimum Gasteiger partial charge on any atom is -0.481 e. The van der Waals surface area contributed by atoms with Gasteiger partial charge in [0.1, 0.15) is 6.61 Å². The van der Waals surface area contributed by atoms with Gasteiger partial charge in [0.25, 0.3) is 0 Å². The predicted octanol–water partition coefficient (Wildman–Crippen LogP) is 4.80. The molecule has 2 unspecified atom stereocenters. The van der Waals surface area contributed by atoms with E-state index in [0.29, 0.717) is 25.8 Å². The van der Waals surface area contributed by atoms with Crippen molar-refractivity contribution in [3.8, 4) is 11.1 Å². The molecule has 1 aliphatic heterocycles. The molecule has 0 bridgehead atoms. The number of piperidine rings is 1. The zero-order chi connectivity index (χ0) is 25.2. The number of amides is 2. The molecule has 2 amide bonds. The van der Waals surface area contributed by atoms with Crippen molar-refractivity contribution in [2.75, 3.05) is 13.2 Å². The number of carboxylic acid groups (broad SMARTS) is 1. The van der Waals surface area contributed by atoms with Crippen molar-refractivity contribution in [2.45, 2.75) is 64.0 Å². The highest BCUT2D eigenvalue weighted by atomic mass is 16.5. The fourth-order valence-electron chi connectivity index (χ4n) is 5.36. The number of rotatable bonds is 7. The molecule has 1 fully saturated rings. The van der Waals surface area contributed by atoms with E-state index in [1.807, 2.05) is 38.1 Å². The van der Waals surface area contributed by atoms with Crippen LogP contribution in [0.2, 0.25) is 0 Å². The van der Waals surface area contributed by atoms with E-state index in [-0.39, 0.29) is 30.9 Å². The van der Waals surface area contributed by atoms with Crippen molar-refractivity contribution in [2.24, 2.45) is 5.92 Å². The zero-order valence-electron chi connectivity index (χ0n) is 20.6. The molecular weight excluding hydrogens is 444 g/mol. The van der Waals surface area contributed by atoms with Gasteiger partial charge in [-0.3, -0.25) is 9.59 Å². The Labute approximate surface area is 206 Å². The summed E-state index contributed by atoms with van der Waals surface area (Å²) in [5.74, 6) is -1.47. The van der Waals surface area contributed by atoms with Gasteiger partial charge in [-0.2, -0.15) is 0 Å². The monoisotopic (exact) mass is 478 g/mol.